The Labute approximate surface area is 59.3 Å². The van der Waals surface area contributed by atoms with Crippen molar-refractivity contribution in [1.82, 2.24) is 0 Å². The predicted molar refractivity (Wildman–Crippen MR) is 36.8 cm³/mol. The van der Waals surface area contributed by atoms with E-state index in [1.807, 2.05) is 0 Å². The Kier molecular flexibility index (Phi) is 2.04. The molecular weight excluding hydrogens is 133 g/mol. The fourth-order valence-corrected chi connectivity index (χ4v) is 0.710. The van der Waals surface area contributed by atoms with E-state index in [-0.39, 0.29) is 11.0 Å². The minimum absolute atomic E-state index is 0.0949. The first-order valence-corrected chi connectivity index (χ1v) is 2.84. The quantitative estimate of drug-likeness (QED) is 0.514. The van der Waals surface area contributed by atoms with Crippen molar-refractivity contribution in [2.45, 2.75) is 6.43 Å². The molecule has 0 amide bonds. The van der Waals surface area contributed by atoms with E-state index in [9.17, 15) is 8.78 Å². The lowest BCUT2D eigenvalue weighted by Gasteiger charge is -2.01. The lowest BCUT2D eigenvalue weighted by Crippen LogP contribution is -2.09. The van der Waals surface area contributed by atoms with Gasteiger partial charge in [-0.2, -0.15) is 0 Å². The SMILES string of the molecule is [B]c1ccccc1C(F)F. The van der Waals surface area contributed by atoms with E-state index in [0.717, 1.165) is 0 Å². The van der Waals surface area contributed by atoms with Crippen LogP contribution in [-0.2, 0) is 0 Å². The molecule has 1 aromatic carbocycles. The van der Waals surface area contributed by atoms with Crippen LogP contribution in [0.1, 0.15) is 12.0 Å². The Morgan fingerprint density at radius 2 is 1.80 bits per heavy atom. The summed E-state index contributed by atoms with van der Waals surface area (Å²) in [4.78, 5) is 0. The molecule has 0 saturated heterocycles. The van der Waals surface area contributed by atoms with Crippen molar-refractivity contribution in [3.05, 3.63) is 29.8 Å². The van der Waals surface area contributed by atoms with Crippen molar-refractivity contribution in [2.24, 2.45) is 0 Å². The van der Waals surface area contributed by atoms with Gasteiger partial charge < -0.3 is 0 Å². The summed E-state index contributed by atoms with van der Waals surface area (Å²) in [6, 6.07) is 5.94. The number of alkyl halides is 2. The van der Waals surface area contributed by atoms with Gasteiger partial charge >= 0.3 is 0 Å². The summed E-state index contributed by atoms with van der Waals surface area (Å²) in [7, 11) is 5.24. The molecule has 10 heavy (non-hydrogen) atoms. The first-order valence-electron chi connectivity index (χ1n) is 2.84. The molecule has 0 unspecified atom stereocenters. The van der Waals surface area contributed by atoms with Crippen molar-refractivity contribution < 1.29 is 8.78 Å². The summed E-state index contributed by atoms with van der Waals surface area (Å²) in [5.74, 6) is 0. The van der Waals surface area contributed by atoms with Gasteiger partial charge in [-0.25, -0.2) is 8.78 Å². The molecule has 1 rings (SSSR count). The molecule has 0 heterocycles. The van der Waals surface area contributed by atoms with E-state index in [1.54, 1.807) is 6.07 Å². The summed E-state index contributed by atoms with van der Waals surface area (Å²) < 4.78 is 23.9. The lowest BCUT2D eigenvalue weighted by molar-refractivity contribution is 0.152. The smallest absolute Gasteiger partial charge is 0.205 e. The molecule has 0 N–H and O–H groups in total. The molecule has 3 heteroatoms. The normalized spacial score (nSPS) is 10.3. The van der Waals surface area contributed by atoms with Crippen LogP contribution in [0.4, 0.5) is 8.78 Å². The van der Waals surface area contributed by atoms with Gasteiger partial charge in [0.25, 0.3) is 6.43 Å². The van der Waals surface area contributed by atoms with Crippen molar-refractivity contribution in [1.29, 1.82) is 0 Å². The first-order chi connectivity index (χ1) is 4.72. The molecule has 50 valence electrons. The zero-order valence-electron chi connectivity index (χ0n) is 5.22. The summed E-state index contributed by atoms with van der Waals surface area (Å²) in [5, 5.41) is 0. The number of halogens is 2. The maximum absolute atomic E-state index is 11.9. The van der Waals surface area contributed by atoms with Crippen LogP contribution in [0.3, 0.4) is 0 Å². The zero-order chi connectivity index (χ0) is 7.56. The van der Waals surface area contributed by atoms with Crippen LogP contribution in [0.5, 0.6) is 0 Å². The Morgan fingerprint density at radius 3 is 2.20 bits per heavy atom. The Balaban J connectivity index is 3.03. The fraction of sp³-hybridized carbons (Fsp3) is 0.143. The van der Waals surface area contributed by atoms with E-state index in [4.69, 9.17) is 7.85 Å². The van der Waals surface area contributed by atoms with Crippen LogP contribution in [0.2, 0.25) is 0 Å². The van der Waals surface area contributed by atoms with Crippen LogP contribution in [-0.4, -0.2) is 7.85 Å². The highest BCUT2D eigenvalue weighted by molar-refractivity contribution is 6.33. The third-order valence-electron chi connectivity index (χ3n) is 1.23. The fourth-order valence-electron chi connectivity index (χ4n) is 0.710. The monoisotopic (exact) mass is 138 g/mol. The van der Waals surface area contributed by atoms with Gasteiger partial charge in [-0.1, -0.05) is 29.7 Å². The van der Waals surface area contributed by atoms with E-state index >= 15 is 0 Å². The van der Waals surface area contributed by atoms with E-state index in [0.29, 0.717) is 0 Å². The third kappa shape index (κ3) is 1.35. The second-order valence-corrected chi connectivity index (χ2v) is 1.93. The summed E-state index contributed by atoms with van der Waals surface area (Å²) >= 11 is 0. The number of hydrogen-bond acceptors (Lipinski definition) is 0. The highest BCUT2D eigenvalue weighted by Gasteiger charge is 2.07. The minimum Gasteiger partial charge on any atom is -0.205 e. The maximum atomic E-state index is 11.9. The molecule has 0 nitrogen and oxygen atoms in total. The topological polar surface area (TPSA) is 0 Å². The number of rotatable bonds is 1. The van der Waals surface area contributed by atoms with E-state index in [2.05, 4.69) is 0 Å². The molecule has 0 atom stereocenters. The molecule has 0 aliphatic heterocycles. The molecule has 2 radical (unpaired) electrons. The summed E-state index contributed by atoms with van der Waals surface area (Å²) in [6.45, 7) is 0. The highest BCUT2D eigenvalue weighted by atomic mass is 19.3. The van der Waals surface area contributed by atoms with Gasteiger partial charge in [-0.05, 0) is 0 Å². The Morgan fingerprint density at radius 1 is 1.20 bits per heavy atom. The highest BCUT2D eigenvalue weighted by Crippen LogP contribution is 2.14. The average Bonchev–Trinajstić information content (AvgIpc) is 1.88. The average molecular weight is 138 g/mol. The molecule has 0 saturated carbocycles. The molecule has 0 fully saturated rings. The van der Waals surface area contributed by atoms with Crippen LogP contribution in [0.15, 0.2) is 24.3 Å². The van der Waals surface area contributed by atoms with E-state index < -0.39 is 6.43 Å². The van der Waals surface area contributed by atoms with Gasteiger partial charge in [0.05, 0.1) is 0 Å². The number of benzene rings is 1. The van der Waals surface area contributed by atoms with Gasteiger partial charge in [0, 0.05) is 5.56 Å². The molecule has 0 bridgehead atoms. The molecule has 0 spiro atoms. The summed E-state index contributed by atoms with van der Waals surface area (Å²) in [5.41, 5.74) is 0.0556. The Bertz CT molecular complexity index is 223. The largest absolute Gasteiger partial charge is 0.263 e. The van der Waals surface area contributed by atoms with Gasteiger partial charge in [-0.3, -0.25) is 0 Å². The van der Waals surface area contributed by atoms with Crippen molar-refractivity contribution in [3.8, 4) is 0 Å². The maximum Gasteiger partial charge on any atom is 0.263 e. The first kappa shape index (κ1) is 7.25. The van der Waals surface area contributed by atoms with Crippen LogP contribution >= 0.6 is 0 Å². The molecule has 0 aliphatic rings. The van der Waals surface area contributed by atoms with E-state index in [1.165, 1.54) is 18.2 Å². The van der Waals surface area contributed by atoms with Crippen LogP contribution < -0.4 is 5.46 Å². The molecular formula is C7H5BF2. The molecule has 0 aliphatic carbocycles. The lowest BCUT2D eigenvalue weighted by atomic mass is 9.91. The van der Waals surface area contributed by atoms with Gasteiger partial charge in [0.2, 0.25) is 0 Å². The Hall–Kier alpha value is -0.855. The van der Waals surface area contributed by atoms with Crippen molar-refractivity contribution >= 4 is 13.3 Å². The second kappa shape index (κ2) is 2.82. The van der Waals surface area contributed by atoms with Gasteiger partial charge in [0.1, 0.15) is 7.85 Å². The van der Waals surface area contributed by atoms with Crippen molar-refractivity contribution in [3.63, 3.8) is 0 Å². The molecule has 1 aromatic rings. The van der Waals surface area contributed by atoms with Crippen LogP contribution in [0.25, 0.3) is 0 Å². The second-order valence-electron chi connectivity index (χ2n) is 1.93. The van der Waals surface area contributed by atoms with Gasteiger partial charge in [-0.15, -0.1) is 0 Å². The van der Waals surface area contributed by atoms with Crippen molar-refractivity contribution in [2.75, 3.05) is 0 Å². The summed E-state index contributed by atoms with van der Waals surface area (Å²) in [6.07, 6.45) is -2.47. The van der Waals surface area contributed by atoms with Gasteiger partial charge in [0.15, 0.2) is 0 Å². The van der Waals surface area contributed by atoms with Crippen LogP contribution in [0, 0.1) is 0 Å². The number of hydrogen-bond donors (Lipinski definition) is 0. The third-order valence-corrected chi connectivity index (χ3v) is 1.23. The minimum atomic E-state index is -2.47. The zero-order valence-corrected chi connectivity index (χ0v) is 5.22. The standard InChI is InChI=1S/C7H5BF2/c8-6-4-2-1-3-5(6)7(9)10/h1-4,7H. The molecule has 0 aromatic heterocycles. The predicted octanol–water partition coefficient (Wildman–Crippen LogP) is 1.42.